The fourth-order valence-electron chi connectivity index (χ4n) is 2.16. The number of aromatic nitrogens is 3. The third-order valence-corrected chi connectivity index (χ3v) is 3.46. The molecule has 0 bridgehead atoms. The topological polar surface area (TPSA) is 46.0 Å². The van der Waals surface area contributed by atoms with Crippen molar-refractivity contribution in [2.75, 3.05) is 20.1 Å². The molecule has 0 saturated heterocycles. The van der Waals surface area contributed by atoms with Crippen LogP contribution >= 0.6 is 0 Å². The van der Waals surface area contributed by atoms with Crippen LogP contribution in [-0.4, -0.2) is 46.1 Å². The summed E-state index contributed by atoms with van der Waals surface area (Å²) in [7, 11) is 2.12. The Labute approximate surface area is 119 Å². The van der Waals surface area contributed by atoms with E-state index in [0.29, 0.717) is 0 Å². The first-order valence-electron chi connectivity index (χ1n) is 7.20. The Hall–Kier alpha value is -1.72. The van der Waals surface area contributed by atoms with Crippen LogP contribution in [0.3, 0.4) is 0 Å². The molecule has 0 spiro atoms. The predicted molar refractivity (Wildman–Crippen MR) is 78.7 cm³/mol. The van der Waals surface area contributed by atoms with Crippen molar-refractivity contribution in [3.8, 4) is 5.69 Å². The van der Waals surface area contributed by atoms with Crippen molar-refractivity contribution in [3.05, 3.63) is 42.2 Å². The Morgan fingerprint density at radius 1 is 1.30 bits per heavy atom. The lowest BCUT2D eigenvalue weighted by atomic mass is 10.3. The summed E-state index contributed by atoms with van der Waals surface area (Å²) in [5.74, 6) is 0. The predicted octanol–water partition coefficient (Wildman–Crippen LogP) is 1.45. The summed E-state index contributed by atoms with van der Waals surface area (Å²) in [6.07, 6.45) is 4.53. The molecule has 1 aliphatic carbocycles. The van der Waals surface area contributed by atoms with Crippen LogP contribution in [-0.2, 0) is 6.54 Å². The number of hydrogen-bond acceptors (Lipinski definition) is 4. The van der Waals surface area contributed by atoms with E-state index in [-0.39, 0.29) is 0 Å². The lowest BCUT2D eigenvalue weighted by molar-refractivity contribution is 0.319. The van der Waals surface area contributed by atoms with Gasteiger partial charge in [0.05, 0.1) is 17.6 Å². The molecule has 106 valence electrons. The van der Waals surface area contributed by atoms with Gasteiger partial charge in [0, 0.05) is 25.7 Å². The van der Waals surface area contributed by atoms with Gasteiger partial charge in [-0.3, -0.25) is 4.90 Å². The van der Waals surface area contributed by atoms with Gasteiger partial charge in [-0.25, -0.2) is 0 Å². The summed E-state index contributed by atoms with van der Waals surface area (Å²) < 4.78 is 0. The normalized spacial score (nSPS) is 14.9. The van der Waals surface area contributed by atoms with Gasteiger partial charge in [-0.15, -0.1) is 0 Å². The monoisotopic (exact) mass is 271 g/mol. The molecule has 1 fully saturated rings. The Morgan fingerprint density at radius 3 is 2.85 bits per heavy atom. The van der Waals surface area contributed by atoms with Crippen molar-refractivity contribution < 1.29 is 0 Å². The third kappa shape index (κ3) is 3.65. The van der Waals surface area contributed by atoms with Crippen LogP contribution in [0.1, 0.15) is 18.5 Å². The maximum Gasteiger partial charge on any atom is 0.0971 e. The Bertz CT molecular complexity index is 532. The molecule has 5 heteroatoms. The minimum absolute atomic E-state index is 0.780. The van der Waals surface area contributed by atoms with Gasteiger partial charge in [-0.1, -0.05) is 18.2 Å². The molecule has 1 N–H and O–H groups in total. The van der Waals surface area contributed by atoms with Crippen LogP contribution in [0, 0.1) is 0 Å². The van der Waals surface area contributed by atoms with Crippen LogP contribution in [0.5, 0.6) is 0 Å². The number of benzene rings is 1. The molecule has 5 nitrogen and oxygen atoms in total. The van der Waals surface area contributed by atoms with E-state index >= 15 is 0 Å². The second kappa shape index (κ2) is 6.15. The zero-order valence-corrected chi connectivity index (χ0v) is 11.9. The van der Waals surface area contributed by atoms with Gasteiger partial charge in [0.25, 0.3) is 0 Å². The highest BCUT2D eigenvalue weighted by Gasteiger charge is 2.19. The molecule has 3 rings (SSSR count). The van der Waals surface area contributed by atoms with Crippen LogP contribution in [0.15, 0.2) is 36.5 Å². The summed E-state index contributed by atoms with van der Waals surface area (Å²) >= 11 is 0. The standard InChI is InChI=1S/C15H21N5/c1-19(10-9-16-13-7-8-13)12-14-11-17-20(18-14)15-5-3-2-4-6-15/h2-6,11,13,16H,7-10,12H2,1H3. The zero-order valence-electron chi connectivity index (χ0n) is 11.9. The molecular formula is C15H21N5. The number of rotatable bonds is 7. The second-order valence-electron chi connectivity index (χ2n) is 5.43. The lowest BCUT2D eigenvalue weighted by Gasteiger charge is -2.15. The summed E-state index contributed by atoms with van der Waals surface area (Å²) in [6, 6.07) is 10.8. The molecule has 20 heavy (non-hydrogen) atoms. The molecule has 0 atom stereocenters. The first kappa shape index (κ1) is 13.3. The highest BCUT2D eigenvalue weighted by Crippen LogP contribution is 2.18. The highest BCUT2D eigenvalue weighted by atomic mass is 15.5. The Kier molecular flexibility index (Phi) is 4.08. The Morgan fingerprint density at radius 2 is 2.10 bits per heavy atom. The maximum atomic E-state index is 4.52. The van der Waals surface area contributed by atoms with E-state index in [0.717, 1.165) is 37.1 Å². The zero-order chi connectivity index (χ0) is 13.8. The molecule has 1 aromatic carbocycles. The van der Waals surface area contributed by atoms with E-state index in [1.165, 1.54) is 12.8 Å². The summed E-state index contributed by atoms with van der Waals surface area (Å²) in [5, 5.41) is 12.4. The van der Waals surface area contributed by atoms with E-state index in [4.69, 9.17) is 0 Å². The largest absolute Gasteiger partial charge is 0.313 e. The number of hydrogen-bond donors (Lipinski definition) is 1. The second-order valence-corrected chi connectivity index (χ2v) is 5.43. The van der Waals surface area contributed by atoms with E-state index in [9.17, 15) is 0 Å². The van der Waals surface area contributed by atoms with E-state index in [1.54, 1.807) is 4.80 Å². The first-order chi connectivity index (χ1) is 9.81. The van der Waals surface area contributed by atoms with Gasteiger partial charge in [0.2, 0.25) is 0 Å². The smallest absolute Gasteiger partial charge is 0.0971 e. The molecule has 1 aliphatic rings. The van der Waals surface area contributed by atoms with Gasteiger partial charge in [-0.2, -0.15) is 15.0 Å². The fourth-order valence-corrected chi connectivity index (χ4v) is 2.16. The summed E-state index contributed by atoms with van der Waals surface area (Å²) in [6.45, 7) is 2.92. The van der Waals surface area contributed by atoms with Crippen LogP contribution in [0.25, 0.3) is 5.69 Å². The van der Waals surface area contributed by atoms with Gasteiger partial charge in [0.1, 0.15) is 0 Å². The minimum atomic E-state index is 0.780. The lowest BCUT2D eigenvalue weighted by Crippen LogP contribution is -2.30. The third-order valence-electron chi connectivity index (χ3n) is 3.46. The number of nitrogens with one attached hydrogen (secondary N) is 1. The molecule has 2 aromatic rings. The summed E-state index contributed by atoms with van der Waals surface area (Å²) in [5.41, 5.74) is 2.00. The molecular weight excluding hydrogens is 250 g/mol. The van der Waals surface area contributed by atoms with Crippen LogP contribution < -0.4 is 5.32 Å². The van der Waals surface area contributed by atoms with Crippen molar-refractivity contribution in [2.45, 2.75) is 25.4 Å². The van der Waals surface area contributed by atoms with Gasteiger partial charge in [0.15, 0.2) is 0 Å². The van der Waals surface area contributed by atoms with Crippen LogP contribution in [0.4, 0.5) is 0 Å². The maximum absolute atomic E-state index is 4.52. The van der Waals surface area contributed by atoms with E-state index in [2.05, 4.69) is 27.5 Å². The highest BCUT2D eigenvalue weighted by molar-refractivity contribution is 5.28. The molecule has 1 aromatic heterocycles. The quantitative estimate of drug-likeness (QED) is 0.828. The fraction of sp³-hybridized carbons (Fsp3) is 0.467. The molecule has 0 radical (unpaired) electrons. The van der Waals surface area contributed by atoms with Crippen molar-refractivity contribution in [1.29, 1.82) is 0 Å². The first-order valence-corrected chi connectivity index (χ1v) is 7.20. The van der Waals surface area contributed by atoms with E-state index in [1.807, 2.05) is 36.5 Å². The Balaban J connectivity index is 1.51. The number of likely N-dealkylation sites (N-methyl/N-ethyl adjacent to an activating group) is 1. The number of nitrogens with zero attached hydrogens (tertiary/aromatic N) is 4. The van der Waals surface area contributed by atoms with Crippen molar-refractivity contribution >= 4 is 0 Å². The average Bonchev–Trinajstić information content (AvgIpc) is 3.17. The van der Waals surface area contributed by atoms with Crippen molar-refractivity contribution in [1.82, 2.24) is 25.2 Å². The van der Waals surface area contributed by atoms with Crippen molar-refractivity contribution in [3.63, 3.8) is 0 Å². The number of para-hydroxylation sites is 1. The van der Waals surface area contributed by atoms with Gasteiger partial charge < -0.3 is 5.32 Å². The van der Waals surface area contributed by atoms with Crippen molar-refractivity contribution in [2.24, 2.45) is 0 Å². The SMILES string of the molecule is CN(CCNC1CC1)Cc1cnn(-c2ccccc2)n1. The minimum Gasteiger partial charge on any atom is -0.313 e. The summed E-state index contributed by atoms with van der Waals surface area (Å²) in [4.78, 5) is 3.96. The molecule has 1 saturated carbocycles. The molecule has 0 aliphatic heterocycles. The molecule has 0 amide bonds. The average molecular weight is 271 g/mol. The molecule has 1 heterocycles. The molecule has 0 unspecified atom stereocenters. The van der Waals surface area contributed by atoms with Gasteiger partial charge in [-0.05, 0) is 32.0 Å². The van der Waals surface area contributed by atoms with E-state index < -0.39 is 0 Å². The van der Waals surface area contributed by atoms with Crippen LogP contribution in [0.2, 0.25) is 0 Å². The van der Waals surface area contributed by atoms with Gasteiger partial charge >= 0.3 is 0 Å².